The third-order valence-electron chi connectivity index (χ3n) is 3.25. The minimum atomic E-state index is -0.0364. The lowest BCUT2D eigenvalue weighted by Crippen LogP contribution is -2.18. The van der Waals surface area contributed by atoms with E-state index in [1.165, 1.54) is 16.7 Å². The zero-order valence-electron chi connectivity index (χ0n) is 9.74. The van der Waals surface area contributed by atoms with Crippen molar-refractivity contribution < 1.29 is 0 Å². The first-order valence-corrected chi connectivity index (χ1v) is 5.74. The van der Waals surface area contributed by atoms with Crippen molar-refractivity contribution in [3.05, 3.63) is 41.6 Å². The van der Waals surface area contributed by atoms with Crippen molar-refractivity contribution in [2.24, 2.45) is 10.7 Å². The zero-order chi connectivity index (χ0) is 11.6. The summed E-state index contributed by atoms with van der Waals surface area (Å²) >= 11 is 0. The Kier molecular flexibility index (Phi) is 2.92. The number of hydrogen-bond donors (Lipinski definition) is 1. The molecule has 0 bridgehead atoms. The molecule has 0 aromatic heterocycles. The number of aliphatic imine (C=N–C) groups is 1. The Morgan fingerprint density at radius 1 is 1.44 bits per heavy atom. The summed E-state index contributed by atoms with van der Waals surface area (Å²) in [5, 5.41) is 0. The highest BCUT2D eigenvalue weighted by atomic mass is 14.8. The molecule has 0 atom stereocenters. The van der Waals surface area contributed by atoms with Crippen LogP contribution in [0.3, 0.4) is 0 Å². The monoisotopic (exact) mass is 214 g/mol. The second-order valence-corrected chi connectivity index (χ2v) is 4.42. The third-order valence-corrected chi connectivity index (χ3v) is 3.25. The minimum Gasteiger partial charge on any atom is -0.321 e. The fourth-order valence-corrected chi connectivity index (χ4v) is 1.92. The number of nitrogens with zero attached hydrogens (tertiary/aromatic N) is 1. The Morgan fingerprint density at radius 3 is 2.50 bits per heavy atom. The van der Waals surface area contributed by atoms with Gasteiger partial charge >= 0.3 is 0 Å². The molecule has 0 unspecified atom stereocenters. The molecule has 0 heterocycles. The molecule has 0 aliphatic heterocycles. The first kappa shape index (κ1) is 11.1. The van der Waals surface area contributed by atoms with Crippen molar-refractivity contribution in [1.29, 1.82) is 0 Å². The van der Waals surface area contributed by atoms with Crippen LogP contribution in [0, 0.1) is 0 Å². The molecule has 2 rings (SSSR count). The second-order valence-electron chi connectivity index (χ2n) is 4.42. The molecule has 0 amide bonds. The Balaban J connectivity index is 2.24. The van der Waals surface area contributed by atoms with Gasteiger partial charge in [0, 0.05) is 11.7 Å². The van der Waals surface area contributed by atoms with Crippen molar-refractivity contribution >= 4 is 12.3 Å². The van der Waals surface area contributed by atoms with E-state index < -0.39 is 0 Å². The van der Waals surface area contributed by atoms with Crippen LogP contribution in [0.4, 0.5) is 0 Å². The van der Waals surface area contributed by atoms with E-state index in [1.807, 2.05) is 6.20 Å². The smallest absolute Gasteiger partial charge is 0.0411 e. The van der Waals surface area contributed by atoms with E-state index in [0.717, 1.165) is 19.3 Å². The van der Waals surface area contributed by atoms with Crippen LogP contribution in [-0.4, -0.2) is 6.72 Å². The fraction of sp³-hybridized carbons (Fsp3) is 0.357. The average Bonchev–Trinajstić information content (AvgIpc) is 3.06. The Bertz CT molecular complexity index is 411. The van der Waals surface area contributed by atoms with Crippen LogP contribution in [0.2, 0.25) is 0 Å². The van der Waals surface area contributed by atoms with Gasteiger partial charge < -0.3 is 5.73 Å². The molecular weight excluding hydrogens is 196 g/mol. The molecule has 1 aromatic carbocycles. The zero-order valence-corrected chi connectivity index (χ0v) is 9.74. The summed E-state index contributed by atoms with van der Waals surface area (Å²) in [7, 11) is 0. The molecule has 2 nitrogen and oxygen atoms in total. The number of benzene rings is 1. The van der Waals surface area contributed by atoms with E-state index in [-0.39, 0.29) is 5.54 Å². The van der Waals surface area contributed by atoms with Gasteiger partial charge in [-0.3, -0.25) is 4.99 Å². The van der Waals surface area contributed by atoms with E-state index in [4.69, 9.17) is 5.73 Å². The summed E-state index contributed by atoms with van der Waals surface area (Å²) in [5.41, 5.74) is 9.78. The molecule has 1 fully saturated rings. The molecule has 0 spiro atoms. The van der Waals surface area contributed by atoms with Gasteiger partial charge in [0.1, 0.15) is 0 Å². The Hall–Kier alpha value is -1.41. The van der Waals surface area contributed by atoms with Crippen molar-refractivity contribution in [2.45, 2.75) is 31.7 Å². The third kappa shape index (κ3) is 2.07. The van der Waals surface area contributed by atoms with Gasteiger partial charge in [0.2, 0.25) is 0 Å². The van der Waals surface area contributed by atoms with Gasteiger partial charge in [-0.05, 0) is 42.7 Å². The molecule has 2 heteroatoms. The molecule has 1 aliphatic rings. The first-order chi connectivity index (χ1) is 7.69. The largest absolute Gasteiger partial charge is 0.321 e. The van der Waals surface area contributed by atoms with Crippen LogP contribution in [0.1, 0.15) is 37.3 Å². The second kappa shape index (κ2) is 4.22. The molecule has 2 N–H and O–H groups in total. The standard InChI is InChI=1S/C14H18N2/c1-3-11(10-16-2)12-4-6-13(7-5-12)14(15)8-9-14/h4-7,10H,2-3,8-9,15H2,1H3/b11-10+. The predicted molar refractivity (Wildman–Crippen MR) is 69.4 cm³/mol. The van der Waals surface area contributed by atoms with Gasteiger partial charge in [0.15, 0.2) is 0 Å². The van der Waals surface area contributed by atoms with Gasteiger partial charge in [-0.1, -0.05) is 31.2 Å². The number of hydrogen-bond acceptors (Lipinski definition) is 2. The lowest BCUT2D eigenvalue weighted by atomic mass is 9.99. The fourth-order valence-electron chi connectivity index (χ4n) is 1.92. The Labute approximate surface area is 96.9 Å². The van der Waals surface area contributed by atoms with Gasteiger partial charge in [-0.25, -0.2) is 0 Å². The Morgan fingerprint density at radius 2 is 2.06 bits per heavy atom. The SMILES string of the molecule is C=N/C=C(\CC)c1ccc(C2(N)CC2)cc1. The maximum atomic E-state index is 6.14. The van der Waals surface area contributed by atoms with Crippen LogP contribution in [0.25, 0.3) is 5.57 Å². The lowest BCUT2D eigenvalue weighted by molar-refractivity contribution is 0.740. The summed E-state index contributed by atoms with van der Waals surface area (Å²) in [6.45, 7) is 5.62. The van der Waals surface area contributed by atoms with E-state index >= 15 is 0 Å². The van der Waals surface area contributed by atoms with Crippen LogP contribution in [-0.2, 0) is 5.54 Å². The lowest BCUT2D eigenvalue weighted by Gasteiger charge is -2.10. The highest BCUT2D eigenvalue weighted by Crippen LogP contribution is 2.42. The van der Waals surface area contributed by atoms with Crippen LogP contribution in [0.5, 0.6) is 0 Å². The molecular formula is C14H18N2. The summed E-state index contributed by atoms with van der Waals surface area (Å²) in [4.78, 5) is 3.83. The molecule has 1 aliphatic carbocycles. The topological polar surface area (TPSA) is 38.4 Å². The van der Waals surface area contributed by atoms with Gasteiger partial charge in [-0.2, -0.15) is 0 Å². The molecule has 84 valence electrons. The maximum absolute atomic E-state index is 6.14. The number of allylic oxidation sites excluding steroid dienone is 1. The van der Waals surface area contributed by atoms with E-state index in [0.29, 0.717) is 0 Å². The minimum absolute atomic E-state index is 0.0364. The normalized spacial score (nSPS) is 18.2. The van der Waals surface area contributed by atoms with E-state index in [1.54, 1.807) is 0 Å². The van der Waals surface area contributed by atoms with Crippen LogP contribution < -0.4 is 5.73 Å². The van der Waals surface area contributed by atoms with E-state index in [2.05, 4.69) is 42.9 Å². The molecule has 1 aromatic rings. The van der Waals surface area contributed by atoms with Crippen molar-refractivity contribution in [2.75, 3.05) is 0 Å². The first-order valence-electron chi connectivity index (χ1n) is 5.74. The number of rotatable bonds is 4. The molecule has 16 heavy (non-hydrogen) atoms. The quantitative estimate of drug-likeness (QED) is 0.768. The van der Waals surface area contributed by atoms with Crippen molar-refractivity contribution in [1.82, 2.24) is 0 Å². The summed E-state index contributed by atoms with van der Waals surface area (Å²) in [6, 6.07) is 8.52. The number of nitrogens with two attached hydrogens (primary N) is 1. The predicted octanol–water partition coefficient (Wildman–Crippen LogP) is 3.09. The van der Waals surface area contributed by atoms with Gasteiger partial charge in [0.25, 0.3) is 0 Å². The van der Waals surface area contributed by atoms with Crippen molar-refractivity contribution in [3.8, 4) is 0 Å². The van der Waals surface area contributed by atoms with Gasteiger partial charge in [0.05, 0.1) is 0 Å². The molecule has 1 saturated carbocycles. The summed E-state index contributed by atoms with van der Waals surface area (Å²) in [5.74, 6) is 0. The molecule has 0 saturated heterocycles. The highest BCUT2D eigenvalue weighted by molar-refractivity contribution is 5.66. The molecule has 0 radical (unpaired) electrons. The summed E-state index contributed by atoms with van der Waals surface area (Å²) < 4.78 is 0. The highest BCUT2D eigenvalue weighted by Gasteiger charge is 2.39. The average molecular weight is 214 g/mol. The van der Waals surface area contributed by atoms with Crippen molar-refractivity contribution in [3.63, 3.8) is 0 Å². The van der Waals surface area contributed by atoms with Crippen LogP contribution >= 0.6 is 0 Å². The van der Waals surface area contributed by atoms with Crippen LogP contribution in [0.15, 0.2) is 35.5 Å². The van der Waals surface area contributed by atoms with Gasteiger partial charge in [-0.15, -0.1) is 0 Å². The van der Waals surface area contributed by atoms with E-state index in [9.17, 15) is 0 Å². The maximum Gasteiger partial charge on any atom is 0.0411 e. The summed E-state index contributed by atoms with van der Waals surface area (Å²) in [6.07, 6.45) is 5.00.